The maximum Gasteiger partial charge on any atom is 0.124 e. The largest absolute Gasteiger partial charge is 0.327 e. The van der Waals surface area contributed by atoms with Gasteiger partial charge >= 0.3 is 0 Å². The molecule has 0 radical (unpaired) electrons. The molecule has 1 nitrogen and oxygen atoms in total. The first kappa shape index (κ1) is 14.4. The number of halogens is 2. The SMILES string of the molecule is NC(CSc1cccc(F)c1)Cc1cccc(Cl)c1. The number of nitrogens with two attached hydrogens (primary N) is 1. The lowest BCUT2D eigenvalue weighted by molar-refractivity contribution is 0.624. The topological polar surface area (TPSA) is 26.0 Å². The van der Waals surface area contributed by atoms with E-state index in [0.29, 0.717) is 0 Å². The van der Waals surface area contributed by atoms with Gasteiger partial charge in [-0.15, -0.1) is 11.8 Å². The molecule has 100 valence electrons. The summed E-state index contributed by atoms with van der Waals surface area (Å²) in [5, 5.41) is 0.725. The number of benzene rings is 2. The summed E-state index contributed by atoms with van der Waals surface area (Å²) in [5.41, 5.74) is 7.21. The van der Waals surface area contributed by atoms with Crippen molar-refractivity contribution in [3.8, 4) is 0 Å². The summed E-state index contributed by atoms with van der Waals surface area (Å²) in [6, 6.07) is 14.3. The normalized spacial score (nSPS) is 12.4. The Morgan fingerprint density at radius 3 is 2.68 bits per heavy atom. The third-order valence-electron chi connectivity index (χ3n) is 2.65. The zero-order valence-corrected chi connectivity index (χ0v) is 11.9. The molecule has 0 bridgehead atoms. The Bertz CT molecular complexity index is 547. The number of hydrogen-bond donors (Lipinski definition) is 1. The molecule has 0 heterocycles. The number of thioether (sulfide) groups is 1. The van der Waals surface area contributed by atoms with Gasteiger partial charge in [-0.25, -0.2) is 4.39 Å². The summed E-state index contributed by atoms with van der Waals surface area (Å²) in [5.74, 6) is 0.532. The zero-order chi connectivity index (χ0) is 13.7. The Labute approximate surface area is 122 Å². The molecule has 1 unspecified atom stereocenters. The van der Waals surface area contributed by atoms with Crippen molar-refractivity contribution in [3.63, 3.8) is 0 Å². The lowest BCUT2D eigenvalue weighted by Crippen LogP contribution is -2.25. The van der Waals surface area contributed by atoms with Crippen LogP contribution >= 0.6 is 23.4 Å². The van der Waals surface area contributed by atoms with E-state index in [2.05, 4.69) is 0 Å². The average Bonchev–Trinajstić information content (AvgIpc) is 2.36. The van der Waals surface area contributed by atoms with Crippen LogP contribution in [-0.4, -0.2) is 11.8 Å². The molecule has 4 heteroatoms. The van der Waals surface area contributed by atoms with E-state index in [0.717, 1.165) is 27.7 Å². The van der Waals surface area contributed by atoms with Gasteiger partial charge in [-0.05, 0) is 42.3 Å². The van der Waals surface area contributed by atoms with Crippen LogP contribution in [0.5, 0.6) is 0 Å². The smallest absolute Gasteiger partial charge is 0.124 e. The Kier molecular flexibility index (Phi) is 5.25. The molecule has 2 N–H and O–H groups in total. The van der Waals surface area contributed by atoms with Crippen molar-refractivity contribution in [1.29, 1.82) is 0 Å². The molecular formula is C15H15ClFNS. The van der Waals surface area contributed by atoms with Gasteiger partial charge in [-0.1, -0.05) is 29.8 Å². The first-order chi connectivity index (χ1) is 9.13. The van der Waals surface area contributed by atoms with Gasteiger partial charge in [-0.3, -0.25) is 0 Å². The Morgan fingerprint density at radius 2 is 1.95 bits per heavy atom. The molecule has 0 amide bonds. The van der Waals surface area contributed by atoms with Crippen molar-refractivity contribution in [2.24, 2.45) is 5.73 Å². The molecule has 0 saturated carbocycles. The number of rotatable bonds is 5. The second-order valence-corrected chi connectivity index (χ2v) is 5.89. The Hall–Kier alpha value is -1.03. The van der Waals surface area contributed by atoms with Crippen LogP contribution in [0, 0.1) is 5.82 Å². The van der Waals surface area contributed by atoms with E-state index in [4.69, 9.17) is 17.3 Å². The lowest BCUT2D eigenvalue weighted by Gasteiger charge is -2.11. The fraction of sp³-hybridized carbons (Fsp3) is 0.200. The quantitative estimate of drug-likeness (QED) is 0.839. The first-order valence-corrected chi connectivity index (χ1v) is 7.38. The van der Waals surface area contributed by atoms with Gasteiger partial charge in [0.15, 0.2) is 0 Å². The highest BCUT2D eigenvalue weighted by Crippen LogP contribution is 2.20. The summed E-state index contributed by atoms with van der Waals surface area (Å²) >= 11 is 7.50. The highest BCUT2D eigenvalue weighted by Gasteiger charge is 2.06. The Morgan fingerprint density at radius 1 is 1.16 bits per heavy atom. The lowest BCUT2D eigenvalue weighted by atomic mass is 10.1. The van der Waals surface area contributed by atoms with Gasteiger partial charge in [-0.2, -0.15) is 0 Å². The molecule has 0 aliphatic carbocycles. The van der Waals surface area contributed by atoms with Gasteiger partial charge in [0.2, 0.25) is 0 Å². The predicted octanol–water partition coefficient (Wildman–Crippen LogP) is 4.14. The first-order valence-electron chi connectivity index (χ1n) is 6.02. The standard InChI is InChI=1S/C15H15ClFNS/c16-12-4-1-3-11(7-12)8-14(18)10-19-15-6-2-5-13(17)9-15/h1-7,9,14H,8,10,18H2. The van der Waals surface area contributed by atoms with Crippen molar-refractivity contribution >= 4 is 23.4 Å². The van der Waals surface area contributed by atoms with Crippen LogP contribution in [0.2, 0.25) is 5.02 Å². The Balaban J connectivity index is 1.86. The average molecular weight is 296 g/mol. The van der Waals surface area contributed by atoms with E-state index >= 15 is 0 Å². The molecule has 0 aromatic heterocycles. The molecule has 2 rings (SSSR count). The van der Waals surface area contributed by atoms with E-state index in [1.165, 1.54) is 12.1 Å². The highest BCUT2D eigenvalue weighted by atomic mass is 35.5. The molecule has 2 aromatic rings. The molecule has 0 aliphatic rings. The molecule has 0 aliphatic heterocycles. The van der Waals surface area contributed by atoms with Gasteiger partial charge in [0, 0.05) is 21.7 Å². The van der Waals surface area contributed by atoms with E-state index in [1.807, 2.05) is 30.3 Å². The van der Waals surface area contributed by atoms with Crippen molar-refractivity contribution in [3.05, 3.63) is 64.9 Å². The second kappa shape index (κ2) is 6.94. The maximum absolute atomic E-state index is 13.0. The second-order valence-electron chi connectivity index (χ2n) is 4.36. The third kappa shape index (κ3) is 4.86. The van der Waals surface area contributed by atoms with E-state index < -0.39 is 0 Å². The molecule has 0 spiro atoms. The van der Waals surface area contributed by atoms with Crippen LogP contribution in [0.3, 0.4) is 0 Å². The van der Waals surface area contributed by atoms with Crippen molar-refractivity contribution in [1.82, 2.24) is 0 Å². The van der Waals surface area contributed by atoms with Crippen LogP contribution in [0.25, 0.3) is 0 Å². The minimum absolute atomic E-state index is 0.0201. The molecule has 1 atom stereocenters. The van der Waals surface area contributed by atoms with Crippen LogP contribution in [0.15, 0.2) is 53.4 Å². The third-order valence-corrected chi connectivity index (χ3v) is 4.06. The van der Waals surface area contributed by atoms with Crippen molar-refractivity contribution in [2.45, 2.75) is 17.4 Å². The molecule has 0 saturated heterocycles. The molecule has 0 fully saturated rings. The highest BCUT2D eigenvalue weighted by molar-refractivity contribution is 7.99. The minimum atomic E-state index is -0.214. The summed E-state index contributed by atoms with van der Waals surface area (Å²) in [6.07, 6.45) is 0.767. The number of hydrogen-bond acceptors (Lipinski definition) is 2. The van der Waals surface area contributed by atoms with Crippen LogP contribution < -0.4 is 5.73 Å². The summed E-state index contributed by atoms with van der Waals surface area (Å²) in [6.45, 7) is 0. The molecular weight excluding hydrogens is 281 g/mol. The van der Waals surface area contributed by atoms with Gasteiger partial charge in [0.05, 0.1) is 0 Å². The fourth-order valence-corrected chi connectivity index (χ4v) is 2.89. The zero-order valence-electron chi connectivity index (χ0n) is 10.4. The fourth-order valence-electron chi connectivity index (χ4n) is 1.79. The van der Waals surface area contributed by atoms with Gasteiger partial charge in [0.1, 0.15) is 5.82 Å². The monoisotopic (exact) mass is 295 g/mol. The van der Waals surface area contributed by atoms with Gasteiger partial charge < -0.3 is 5.73 Å². The maximum atomic E-state index is 13.0. The summed E-state index contributed by atoms with van der Waals surface area (Å²) < 4.78 is 13.0. The van der Waals surface area contributed by atoms with Crippen LogP contribution in [0.1, 0.15) is 5.56 Å². The summed E-state index contributed by atoms with van der Waals surface area (Å²) in [7, 11) is 0. The predicted molar refractivity (Wildman–Crippen MR) is 80.3 cm³/mol. The van der Waals surface area contributed by atoms with Gasteiger partial charge in [0.25, 0.3) is 0 Å². The molecule has 19 heavy (non-hydrogen) atoms. The van der Waals surface area contributed by atoms with E-state index in [1.54, 1.807) is 17.8 Å². The van der Waals surface area contributed by atoms with E-state index in [9.17, 15) is 4.39 Å². The van der Waals surface area contributed by atoms with Crippen LogP contribution in [-0.2, 0) is 6.42 Å². The minimum Gasteiger partial charge on any atom is -0.327 e. The van der Waals surface area contributed by atoms with E-state index in [-0.39, 0.29) is 11.9 Å². The van der Waals surface area contributed by atoms with Crippen molar-refractivity contribution < 1.29 is 4.39 Å². The van der Waals surface area contributed by atoms with Crippen molar-refractivity contribution in [2.75, 3.05) is 5.75 Å². The van der Waals surface area contributed by atoms with Crippen LogP contribution in [0.4, 0.5) is 4.39 Å². The molecule has 2 aromatic carbocycles. The summed E-state index contributed by atoms with van der Waals surface area (Å²) in [4.78, 5) is 0.904.